The maximum absolute atomic E-state index is 8.71. The predicted molar refractivity (Wildman–Crippen MR) is 53.3 cm³/mol. The number of nitrogens with two attached hydrogens (primary N) is 1. The molecule has 0 aliphatic rings. The Kier molecular flexibility index (Phi) is 3.48. The lowest BCUT2D eigenvalue weighted by Crippen LogP contribution is -2.09. The maximum Gasteiger partial charge on any atom is 0.101 e. The minimum Gasteiger partial charge on any atom is -0.323 e. The number of halogens is 1. The van der Waals surface area contributed by atoms with E-state index in [4.69, 9.17) is 27.9 Å². The second-order valence-corrected chi connectivity index (χ2v) is 3.23. The zero-order valence-corrected chi connectivity index (χ0v) is 8.12. The summed E-state index contributed by atoms with van der Waals surface area (Å²) in [6.07, 6.45) is 0.229. The van der Waals surface area contributed by atoms with Gasteiger partial charge in [-0.3, -0.25) is 0 Å². The molecule has 0 aromatic heterocycles. The minimum atomic E-state index is -0.357. The lowest BCUT2D eigenvalue weighted by atomic mass is 10.0. The lowest BCUT2D eigenvalue weighted by molar-refractivity contribution is 0.748. The van der Waals surface area contributed by atoms with Crippen LogP contribution in [-0.4, -0.2) is 0 Å². The van der Waals surface area contributed by atoms with Crippen molar-refractivity contribution in [1.29, 1.82) is 10.5 Å². The van der Waals surface area contributed by atoms with Gasteiger partial charge in [-0.25, -0.2) is 0 Å². The first-order valence-electron chi connectivity index (χ1n) is 4.01. The Morgan fingerprint density at radius 3 is 2.71 bits per heavy atom. The predicted octanol–water partition coefficient (Wildman–Crippen LogP) is 2.13. The van der Waals surface area contributed by atoms with Crippen molar-refractivity contribution in [3.8, 4) is 12.1 Å². The summed E-state index contributed by atoms with van der Waals surface area (Å²) in [5, 5.41) is 17.6. The standard InChI is InChI=1S/C10H8ClN3/c11-9-2-1-7(5-8(9)6-13)10(14)3-4-12/h1-2,5,10H,3,14H2/t10-/m1/s1. The molecule has 3 nitrogen and oxygen atoms in total. The van der Waals surface area contributed by atoms with E-state index in [0.717, 1.165) is 5.56 Å². The van der Waals surface area contributed by atoms with Crippen molar-refractivity contribution in [2.45, 2.75) is 12.5 Å². The van der Waals surface area contributed by atoms with E-state index < -0.39 is 0 Å². The van der Waals surface area contributed by atoms with Crippen LogP contribution in [0.3, 0.4) is 0 Å². The lowest BCUT2D eigenvalue weighted by Gasteiger charge is -2.08. The molecular formula is C10H8ClN3. The van der Waals surface area contributed by atoms with Crippen molar-refractivity contribution in [3.05, 3.63) is 34.3 Å². The Morgan fingerprint density at radius 2 is 2.14 bits per heavy atom. The molecule has 0 aliphatic carbocycles. The van der Waals surface area contributed by atoms with E-state index in [1.165, 1.54) is 0 Å². The van der Waals surface area contributed by atoms with E-state index in [0.29, 0.717) is 10.6 Å². The quantitative estimate of drug-likeness (QED) is 0.804. The summed E-state index contributed by atoms with van der Waals surface area (Å²) in [4.78, 5) is 0. The molecule has 0 saturated heterocycles. The maximum atomic E-state index is 8.71. The summed E-state index contributed by atoms with van der Waals surface area (Å²) < 4.78 is 0. The zero-order valence-electron chi connectivity index (χ0n) is 7.37. The molecule has 0 aliphatic heterocycles. The van der Waals surface area contributed by atoms with Gasteiger partial charge in [0, 0.05) is 6.04 Å². The molecule has 0 spiro atoms. The van der Waals surface area contributed by atoms with Crippen LogP contribution >= 0.6 is 11.6 Å². The highest BCUT2D eigenvalue weighted by Crippen LogP contribution is 2.21. The van der Waals surface area contributed by atoms with Gasteiger partial charge in [0.15, 0.2) is 0 Å². The van der Waals surface area contributed by atoms with Gasteiger partial charge in [0.2, 0.25) is 0 Å². The summed E-state index contributed by atoms with van der Waals surface area (Å²) in [5.74, 6) is 0. The van der Waals surface area contributed by atoms with Gasteiger partial charge >= 0.3 is 0 Å². The van der Waals surface area contributed by atoms with E-state index in [1.807, 2.05) is 12.1 Å². The smallest absolute Gasteiger partial charge is 0.101 e. The number of nitrogens with zero attached hydrogens (tertiary/aromatic N) is 2. The fourth-order valence-corrected chi connectivity index (χ4v) is 1.24. The van der Waals surface area contributed by atoms with E-state index in [2.05, 4.69) is 0 Å². The molecule has 0 radical (unpaired) electrons. The van der Waals surface area contributed by atoms with Crippen molar-refractivity contribution in [1.82, 2.24) is 0 Å². The molecule has 0 saturated carbocycles. The molecular weight excluding hydrogens is 198 g/mol. The number of hydrogen-bond donors (Lipinski definition) is 1. The van der Waals surface area contributed by atoms with Crippen LogP contribution in [0.5, 0.6) is 0 Å². The first-order chi connectivity index (χ1) is 6.69. The first-order valence-corrected chi connectivity index (χ1v) is 4.39. The van der Waals surface area contributed by atoms with Crippen LogP contribution in [0.25, 0.3) is 0 Å². The van der Waals surface area contributed by atoms with Crippen LogP contribution in [0.15, 0.2) is 18.2 Å². The van der Waals surface area contributed by atoms with Gasteiger partial charge in [0.1, 0.15) is 6.07 Å². The third-order valence-electron chi connectivity index (χ3n) is 1.85. The van der Waals surface area contributed by atoms with Gasteiger partial charge in [-0.15, -0.1) is 0 Å². The van der Waals surface area contributed by atoms with Crippen molar-refractivity contribution in [3.63, 3.8) is 0 Å². The molecule has 1 atom stereocenters. The largest absolute Gasteiger partial charge is 0.323 e. The molecule has 2 N–H and O–H groups in total. The summed E-state index contributed by atoms with van der Waals surface area (Å²) >= 11 is 5.75. The van der Waals surface area contributed by atoms with Crippen molar-refractivity contribution in [2.24, 2.45) is 5.73 Å². The topological polar surface area (TPSA) is 73.6 Å². The van der Waals surface area contributed by atoms with Crippen molar-refractivity contribution >= 4 is 11.6 Å². The van der Waals surface area contributed by atoms with Crippen LogP contribution in [0.1, 0.15) is 23.6 Å². The summed E-state index contributed by atoms with van der Waals surface area (Å²) in [7, 11) is 0. The molecule has 14 heavy (non-hydrogen) atoms. The Hall–Kier alpha value is -1.55. The second-order valence-electron chi connectivity index (χ2n) is 2.82. The number of rotatable bonds is 2. The molecule has 1 aromatic carbocycles. The van der Waals surface area contributed by atoms with Gasteiger partial charge in [-0.05, 0) is 17.7 Å². The highest BCUT2D eigenvalue weighted by molar-refractivity contribution is 6.31. The van der Waals surface area contributed by atoms with E-state index in [-0.39, 0.29) is 12.5 Å². The average molecular weight is 206 g/mol. The third-order valence-corrected chi connectivity index (χ3v) is 2.18. The molecule has 0 heterocycles. The van der Waals surface area contributed by atoms with Crippen molar-refractivity contribution in [2.75, 3.05) is 0 Å². The first kappa shape index (κ1) is 10.5. The van der Waals surface area contributed by atoms with Gasteiger partial charge in [-0.1, -0.05) is 17.7 Å². The van der Waals surface area contributed by atoms with E-state index >= 15 is 0 Å². The van der Waals surface area contributed by atoms with Gasteiger partial charge in [0.05, 0.1) is 23.1 Å². The zero-order chi connectivity index (χ0) is 10.6. The van der Waals surface area contributed by atoms with Gasteiger partial charge < -0.3 is 5.73 Å². The SMILES string of the molecule is N#CC[C@@H](N)c1ccc(Cl)c(C#N)c1. The van der Waals surface area contributed by atoms with Crippen LogP contribution in [0.2, 0.25) is 5.02 Å². The summed E-state index contributed by atoms with van der Waals surface area (Å²) in [6, 6.07) is 8.54. The van der Waals surface area contributed by atoms with Gasteiger partial charge in [-0.2, -0.15) is 10.5 Å². The van der Waals surface area contributed by atoms with E-state index in [1.54, 1.807) is 18.2 Å². The van der Waals surface area contributed by atoms with Crippen LogP contribution in [-0.2, 0) is 0 Å². The molecule has 4 heteroatoms. The normalized spacial score (nSPS) is 11.4. The number of nitriles is 2. The Bertz CT molecular complexity index is 414. The molecule has 0 unspecified atom stereocenters. The monoisotopic (exact) mass is 205 g/mol. The third kappa shape index (κ3) is 2.23. The molecule has 0 fully saturated rings. The summed E-state index contributed by atoms with van der Waals surface area (Å²) in [6.45, 7) is 0. The van der Waals surface area contributed by atoms with Crippen LogP contribution < -0.4 is 5.73 Å². The summed E-state index contributed by atoms with van der Waals surface area (Å²) in [5.41, 5.74) is 6.85. The highest BCUT2D eigenvalue weighted by atomic mass is 35.5. The molecule has 1 aromatic rings. The Labute approximate surface area is 87.3 Å². The second kappa shape index (κ2) is 4.62. The Balaban J connectivity index is 3.03. The molecule has 0 bridgehead atoms. The fourth-order valence-electron chi connectivity index (χ4n) is 1.08. The number of benzene rings is 1. The van der Waals surface area contributed by atoms with Crippen molar-refractivity contribution < 1.29 is 0 Å². The molecule has 0 amide bonds. The molecule has 70 valence electrons. The Morgan fingerprint density at radius 1 is 1.43 bits per heavy atom. The fraction of sp³-hybridized carbons (Fsp3) is 0.200. The van der Waals surface area contributed by atoms with E-state index in [9.17, 15) is 0 Å². The average Bonchev–Trinajstić information content (AvgIpc) is 2.19. The van der Waals surface area contributed by atoms with Gasteiger partial charge in [0.25, 0.3) is 0 Å². The highest BCUT2D eigenvalue weighted by Gasteiger charge is 2.07. The van der Waals surface area contributed by atoms with Crippen LogP contribution in [0.4, 0.5) is 0 Å². The number of hydrogen-bond acceptors (Lipinski definition) is 3. The molecule has 1 rings (SSSR count). The minimum absolute atomic E-state index is 0.229. The van der Waals surface area contributed by atoms with Crippen LogP contribution in [0, 0.1) is 22.7 Å².